The van der Waals surface area contributed by atoms with E-state index in [2.05, 4.69) is 0 Å². The Kier molecular flexibility index (Phi) is 7.98. The normalized spacial score (nSPS) is 26.9. The number of carbonyl (C=O) groups excluding carboxylic acids is 4. The molecule has 0 radical (unpaired) electrons. The van der Waals surface area contributed by atoms with Crippen LogP contribution in [-0.2, 0) is 31.0 Å². The summed E-state index contributed by atoms with van der Waals surface area (Å²) < 4.78 is 5.84. The second-order valence-electron chi connectivity index (χ2n) is 13.7. The Bertz CT molecular complexity index is 2120. The number of nitrogens with zero attached hydrogens (tertiary/aromatic N) is 2. The van der Waals surface area contributed by atoms with Crippen molar-refractivity contribution in [3.05, 3.63) is 130 Å². The molecular weight excluding hydrogens is 668 g/mol. The van der Waals surface area contributed by atoms with Crippen LogP contribution in [0.1, 0.15) is 35.4 Å². The molecule has 2 heterocycles. The highest BCUT2D eigenvalue weighted by molar-refractivity contribution is 6.32. The van der Waals surface area contributed by atoms with Gasteiger partial charge in [-0.3, -0.25) is 24.1 Å². The number of aromatic hydroxyl groups is 2. The molecule has 2 N–H and O–H groups in total. The molecule has 4 amide bonds. The van der Waals surface area contributed by atoms with Crippen molar-refractivity contribution >= 4 is 40.9 Å². The molecule has 258 valence electrons. The van der Waals surface area contributed by atoms with Gasteiger partial charge in [0.1, 0.15) is 17.2 Å². The van der Waals surface area contributed by atoms with Crippen LogP contribution >= 0.6 is 11.6 Å². The molecule has 0 bridgehead atoms. The van der Waals surface area contributed by atoms with Gasteiger partial charge in [-0.15, -0.1) is 0 Å². The van der Waals surface area contributed by atoms with Crippen LogP contribution in [0.15, 0.2) is 109 Å². The summed E-state index contributed by atoms with van der Waals surface area (Å²) in [7, 11) is 1.49. The number of methoxy groups -OCH3 is 1. The maximum Gasteiger partial charge on any atom is 0.246 e. The van der Waals surface area contributed by atoms with E-state index >= 15 is 4.79 Å². The van der Waals surface area contributed by atoms with E-state index in [0.29, 0.717) is 34.0 Å². The molecule has 6 atom stereocenters. The van der Waals surface area contributed by atoms with Gasteiger partial charge in [0.15, 0.2) is 0 Å². The van der Waals surface area contributed by atoms with Gasteiger partial charge in [-0.25, -0.2) is 4.90 Å². The summed E-state index contributed by atoms with van der Waals surface area (Å²) in [5.74, 6) is -4.96. The number of phenolic OH excluding ortho intramolecular Hbond substituents is 2. The van der Waals surface area contributed by atoms with E-state index in [9.17, 15) is 24.6 Å². The summed E-state index contributed by atoms with van der Waals surface area (Å²) in [6, 6.07) is 27.3. The smallest absolute Gasteiger partial charge is 0.246 e. The number of hydrogen-bond donors (Lipinski definition) is 2. The maximum absolute atomic E-state index is 15.4. The van der Waals surface area contributed by atoms with Crippen molar-refractivity contribution in [2.45, 2.75) is 30.6 Å². The highest BCUT2D eigenvalue weighted by Gasteiger charge is 2.70. The van der Waals surface area contributed by atoms with Crippen LogP contribution in [0.4, 0.5) is 5.69 Å². The molecule has 8 rings (SSSR count). The number of phenols is 2. The molecule has 0 aromatic heterocycles. The molecule has 2 aliphatic carbocycles. The van der Waals surface area contributed by atoms with Gasteiger partial charge in [-0.2, -0.15) is 0 Å². The third kappa shape index (κ3) is 4.89. The van der Waals surface area contributed by atoms with Gasteiger partial charge in [0.05, 0.1) is 36.0 Å². The number of ether oxygens (including phenoxy) is 1. The number of anilines is 1. The van der Waals surface area contributed by atoms with Crippen LogP contribution in [0.3, 0.4) is 0 Å². The summed E-state index contributed by atoms with van der Waals surface area (Å²) in [5.41, 5.74) is 1.33. The minimum absolute atomic E-state index is 0.108. The van der Waals surface area contributed by atoms with Gasteiger partial charge in [0.25, 0.3) is 0 Å². The standard InChI is InChI=1S/C41H35ClN2O7/c1-51-33-12-6-11-32(46)35(33)36-28-17-18-29-34(39(49)43(37(29)47)20-19-23-13-15-27(45)16-14-23)30(28)22-31-38(48)44(26-10-5-9-25(42)21-26)40(50)41(31,36)24-7-3-2-4-8-24/h2-17,21,29-31,34,36,45-46H,18-20,22H2,1H3. The predicted octanol–water partition coefficient (Wildman–Crippen LogP) is 6.16. The number of rotatable bonds is 7. The largest absolute Gasteiger partial charge is 0.508 e. The summed E-state index contributed by atoms with van der Waals surface area (Å²) in [5, 5.41) is 21.7. The molecule has 10 heteroatoms. The molecule has 9 nitrogen and oxygen atoms in total. The number of halogens is 1. The molecular formula is C41H35ClN2O7. The Morgan fingerprint density at radius 2 is 1.59 bits per heavy atom. The van der Waals surface area contributed by atoms with Crippen LogP contribution in [-0.4, -0.2) is 52.4 Å². The fraction of sp³-hybridized carbons (Fsp3) is 0.268. The number of benzene rings is 4. The first-order chi connectivity index (χ1) is 24.7. The minimum Gasteiger partial charge on any atom is -0.508 e. The lowest BCUT2D eigenvalue weighted by Gasteiger charge is -2.51. The predicted molar refractivity (Wildman–Crippen MR) is 189 cm³/mol. The maximum atomic E-state index is 15.4. The van der Waals surface area contributed by atoms with Crippen LogP contribution < -0.4 is 9.64 Å². The molecule has 3 fully saturated rings. The number of hydrogen-bond acceptors (Lipinski definition) is 7. The fourth-order valence-corrected chi connectivity index (χ4v) is 9.43. The Morgan fingerprint density at radius 1 is 0.843 bits per heavy atom. The van der Waals surface area contributed by atoms with Gasteiger partial charge in [0.2, 0.25) is 23.6 Å². The Balaban J connectivity index is 1.30. The van der Waals surface area contributed by atoms with Crippen molar-refractivity contribution in [3.8, 4) is 17.2 Å². The highest BCUT2D eigenvalue weighted by Crippen LogP contribution is 2.66. The SMILES string of the molecule is COc1cccc(O)c1C1C2=CCC3C(=O)N(CCc4ccc(O)cc4)C(=O)C3C2CC2C(=O)N(c3cccc(Cl)c3)C(=O)C21c1ccccc1. The molecule has 2 saturated heterocycles. The summed E-state index contributed by atoms with van der Waals surface area (Å²) in [6.07, 6.45) is 2.78. The number of imide groups is 2. The van der Waals surface area contributed by atoms with E-state index in [1.54, 1.807) is 60.7 Å². The molecule has 1 saturated carbocycles. The Labute approximate surface area is 299 Å². The minimum atomic E-state index is -1.54. The monoisotopic (exact) mass is 702 g/mol. The number of amides is 4. The fourth-order valence-electron chi connectivity index (χ4n) is 9.25. The van der Waals surface area contributed by atoms with Gasteiger partial charge in [-0.1, -0.05) is 77.8 Å². The van der Waals surface area contributed by atoms with Crippen molar-refractivity contribution in [2.75, 3.05) is 18.6 Å². The van der Waals surface area contributed by atoms with Crippen LogP contribution in [0.25, 0.3) is 0 Å². The first-order valence-electron chi connectivity index (χ1n) is 17.0. The summed E-state index contributed by atoms with van der Waals surface area (Å²) >= 11 is 6.39. The number of fused-ring (bicyclic) bond motifs is 4. The van der Waals surface area contributed by atoms with Gasteiger partial charge < -0.3 is 14.9 Å². The number of likely N-dealkylation sites (tertiary alicyclic amines) is 1. The molecule has 4 aromatic rings. The first kappa shape index (κ1) is 32.8. The van der Waals surface area contributed by atoms with Crippen LogP contribution in [0, 0.1) is 23.7 Å². The molecule has 4 aliphatic rings. The zero-order valence-electron chi connectivity index (χ0n) is 27.7. The average Bonchev–Trinajstić information content (AvgIpc) is 3.52. The number of allylic oxidation sites excluding steroid dienone is 2. The van der Waals surface area contributed by atoms with Crippen LogP contribution in [0.2, 0.25) is 5.02 Å². The van der Waals surface area contributed by atoms with Gasteiger partial charge in [0, 0.05) is 23.0 Å². The topological polar surface area (TPSA) is 124 Å². The van der Waals surface area contributed by atoms with E-state index in [1.165, 1.54) is 23.0 Å². The van der Waals surface area contributed by atoms with Crippen molar-refractivity contribution < 1.29 is 34.1 Å². The molecule has 51 heavy (non-hydrogen) atoms. The van der Waals surface area contributed by atoms with Crippen molar-refractivity contribution in [3.63, 3.8) is 0 Å². The van der Waals surface area contributed by atoms with Crippen LogP contribution in [0.5, 0.6) is 17.2 Å². The second-order valence-corrected chi connectivity index (χ2v) is 14.2. The zero-order chi connectivity index (χ0) is 35.6. The lowest BCUT2D eigenvalue weighted by molar-refractivity contribution is -0.140. The third-order valence-electron chi connectivity index (χ3n) is 11.4. The molecule has 6 unspecified atom stereocenters. The lowest BCUT2D eigenvalue weighted by Crippen LogP contribution is -2.53. The van der Waals surface area contributed by atoms with Gasteiger partial charge in [-0.05, 0) is 78.8 Å². The van der Waals surface area contributed by atoms with Crippen molar-refractivity contribution in [1.29, 1.82) is 0 Å². The Hall–Kier alpha value is -5.41. The average molecular weight is 703 g/mol. The zero-order valence-corrected chi connectivity index (χ0v) is 28.5. The van der Waals surface area contributed by atoms with E-state index in [4.69, 9.17) is 16.3 Å². The van der Waals surface area contributed by atoms with E-state index in [0.717, 1.165) is 11.1 Å². The molecule has 0 spiro atoms. The molecule has 4 aromatic carbocycles. The van der Waals surface area contributed by atoms with Crippen molar-refractivity contribution in [2.24, 2.45) is 23.7 Å². The summed E-state index contributed by atoms with van der Waals surface area (Å²) in [4.78, 5) is 61.1. The third-order valence-corrected chi connectivity index (χ3v) is 11.6. The van der Waals surface area contributed by atoms with Crippen molar-refractivity contribution in [1.82, 2.24) is 4.90 Å². The summed E-state index contributed by atoms with van der Waals surface area (Å²) in [6.45, 7) is 0.172. The van der Waals surface area contributed by atoms with Gasteiger partial charge >= 0.3 is 0 Å². The van der Waals surface area contributed by atoms with E-state index in [-0.39, 0.29) is 42.7 Å². The first-order valence-corrected chi connectivity index (χ1v) is 17.4. The van der Waals surface area contributed by atoms with E-state index in [1.807, 2.05) is 36.4 Å². The van der Waals surface area contributed by atoms with E-state index < -0.39 is 46.8 Å². The Morgan fingerprint density at radius 3 is 2.31 bits per heavy atom. The highest BCUT2D eigenvalue weighted by atomic mass is 35.5. The lowest BCUT2D eigenvalue weighted by atomic mass is 9.49. The quantitative estimate of drug-likeness (QED) is 0.175. The molecule has 2 aliphatic heterocycles. The number of carbonyl (C=O) groups is 4. The second kappa shape index (κ2) is 12.4.